The van der Waals surface area contributed by atoms with Crippen LogP contribution in [0.25, 0.3) is 5.69 Å². The van der Waals surface area contributed by atoms with Gasteiger partial charge in [0.25, 0.3) is 0 Å². The molecule has 0 unspecified atom stereocenters. The lowest BCUT2D eigenvalue weighted by molar-refractivity contribution is 0.0177. The van der Waals surface area contributed by atoms with Crippen molar-refractivity contribution in [2.45, 2.75) is 51.8 Å². The summed E-state index contributed by atoms with van der Waals surface area (Å²) in [6.07, 6.45) is 2.45. The molecule has 0 radical (unpaired) electrons. The maximum absolute atomic E-state index is 10.6. The smallest absolute Gasteiger partial charge is 0.227 e. The number of aliphatic hydroxyl groups excluding tert-OH is 1. The molecule has 1 heterocycles. The molecule has 0 aliphatic heterocycles. The maximum Gasteiger partial charge on any atom is 0.227 e. The van der Waals surface area contributed by atoms with Gasteiger partial charge < -0.3 is 24.1 Å². The number of para-hydroxylation sites is 2. The number of aryl methyl sites for hydroxylation is 1. The molecule has 1 saturated carbocycles. The van der Waals surface area contributed by atoms with Crippen molar-refractivity contribution < 1.29 is 24.1 Å². The molecule has 8 nitrogen and oxygen atoms in total. The van der Waals surface area contributed by atoms with Gasteiger partial charge in [-0.2, -0.15) is 5.10 Å². The summed E-state index contributed by atoms with van der Waals surface area (Å²) in [5.41, 5.74) is 2.84. The number of rotatable bonds is 14. The molecule has 0 bridgehead atoms. The number of nitrogens with zero attached hydrogens (tertiary/aromatic N) is 3. The van der Waals surface area contributed by atoms with E-state index in [1.807, 2.05) is 60.1 Å². The molecule has 4 rings (SSSR count). The van der Waals surface area contributed by atoms with Gasteiger partial charge in [-0.15, -0.1) is 0 Å². The van der Waals surface area contributed by atoms with E-state index in [-0.39, 0.29) is 0 Å². The Balaban J connectivity index is 1.74. The monoisotopic (exact) mass is 495 g/mol. The highest BCUT2D eigenvalue weighted by atomic mass is 16.5. The fraction of sp³-hybridized carbons (Fsp3) is 0.464. The van der Waals surface area contributed by atoms with E-state index in [9.17, 15) is 5.11 Å². The third-order valence-electron chi connectivity index (χ3n) is 6.33. The molecule has 0 spiro atoms. The molecule has 36 heavy (non-hydrogen) atoms. The van der Waals surface area contributed by atoms with Crippen LogP contribution in [0.1, 0.15) is 37.9 Å². The molecule has 1 aliphatic rings. The van der Waals surface area contributed by atoms with E-state index in [0.717, 1.165) is 42.0 Å². The first-order chi connectivity index (χ1) is 17.6. The lowest BCUT2D eigenvalue weighted by atomic mass is 10.1. The van der Waals surface area contributed by atoms with Crippen molar-refractivity contribution in [2.24, 2.45) is 0 Å². The van der Waals surface area contributed by atoms with Gasteiger partial charge in [-0.3, -0.25) is 4.90 Å². The standard InChI is InChI=1S/C28H37N3O5/c1-5-25-24(18-30(20-11-12-20)17-22(32)19-35-6-2)28(36-27-10-8-7-9-26(27)34-4)31(29-25)21-13-15-23(33-3)16-14-21/h7-10,13-16,20,22,32H,5-6,11-12,17-19H2,1-4H3/t22-/m0/s1. The Bertz CT molecular complexity index is 1110. The zero-order chi connectivity index (χ0) is 25.5. The molecular formula is C28H37N3O5. The molecule has 1 aromatic heterocycles. The number of aliphatic hydroxyl groups is 1. The molecule has 0 saturated heterocycles. The van der Waals surface area contributed by atoms with Crippen molar-refractivity contribution in [2.75, 3.05) is 34.0 Å². The number of methoxy groups -OCH3 is 2. The molecule has 1 fully saturated rings. The lowest BCUT2D eigenvalue weighted by Crippen LogP contribution is -2.36. The normalized spacial score (nSPS) is 14.2. The van der Waals surface area contributed by atoms with Gasteiger partial charge in [-0.25, -0.2) is 4.68 Å². The topological polar surface area (TPSA) is 78.2 Å². The van der Waals surface area contributed by atoms with Crippen molar-refractivity contribution >= 4 is 0 Å². The average molecular weight is 496 g/mol. The van der Waals surface area contributed by atoms with E-state index in [4.69, 9.17) is 24.0 Å². The van der Waals surface area contributed by atoms with E-state index >= 15 is 0 Å². The molecule has 0 amide bonds. The minimum Gasteiger partial charge on any atom is -0.497 e. The first kappa shape index (κ1) is 26.0. The predicted molar refractivity (Wildman–Crippen MR) is 138 cm³/mol. The van der Waals surface area contributed by atoms with Gasteiger partial charge in [0.2, 0.25) is 5.88 Å². The van der Waals surface area contributed by atoms with Crippen LogP contribution in [0.15, 0.2) is 48.5 Å². The van der Waals surface area contributed by atoms with Gasteiger partial charge >= 0.3 is 0 Å². The summed E-state index contributed by atoms with van der Waals surface area (Å²) in [5.74, 6) is 2.69. The molecule has 2 aromatic carbocycles. The van der Waals surface area contributed by atoms with Crippen LogP contribution in [0.4, 0.5) is 0 Å². The van der Waals surface area contributed by atoms with Crippen molar-refractivity contribution in [3.63, 3.8) is 0 Å². The summed E-state index contributed by atoms with van der Waals surface area (Å²) in [6.45, 7) is 6.12. The summed E-state index contributed by atoms with van der Waals surface area (Å²) in [7, 11) is 3.29. The van der Waals surface area contributed by atoms with Crippen LogP contribution in [-0.2, 0) is 17.7 Å². The van der Waals surface area contributed by atoms with E-state index in [1.54, 1.807) is 14.2 Å². The van der Waals surface area contributed by atoms with Crippen LogP contribution >= 0.6 is 0 Å². The Labute approximate surface area is 213 Å². The largest absolute Gasteiger partial charge is 0.497 e. The Hall–Kier alpha value is -3.07. The van der Waals surface area contributed by atoms with Gasteiger partial charge in [0.15, 0.2) is 11.5 Å². The highest BCUT2D eigenvalue weighted by molar-refractivity contribution is 5.48. The van der Waals surface area contributed by atoms with E-state index < -0.39 is 6.10 Å². The van der Waals surface area contributed by atoms with Crippen molar-refractivity contribution in [1.29, 1.82) is 0 Å². The Morgan fingerprint density at radius 2 is 1.75 bits per heavy atom. The van der Waals surface area contributed by atoms with Gasteiger partial charge in [0.1, 0.15) is 5.75 Å². The second-order valence-corrected chi connectivity index (χ2v) is 8.92. The van der Waals surface area contributed by atoms with Gasteiger partial charge in [-0.05, 0) is 62.6 Å². The third-order valence-corrected chi connectivity index (χ3v) is 6.33. The molecule has 8 heteroatoms. The number of benzene rings is 2. The minimum absolute atomic E-state index is 0.329. The quantitative estimate of drug-likeness (QED) is 0.350. The second kappa shape index (κ2) is 12.3. The lowest BCUT2D eigenvalue weighted by Gasteiger charge is -2.25. The summed E-state index contributed by atoms with van der Waals surface area (Å²) in [4.78, 5) is 2.33. The maximum atomic E-state index is 10.6. The van der Waals surface area contributed by atoms with E-state index in [0.29, 0.717) is 49.7 Å². The van der Waals surface area contributed by atoms with Crippen molar-refractivity contribution in [3.05, 3.63) is 59.8 Å². The third kappa shape index (κ3) is 6.19. The number of aromatic nitrogens is 2. The predicted octanol–water partition coefficient (Wildman–Crippen LogP) is 4.61. The van der Waals surface area contributed by atoms with Crippen LogP contribution in [0.5, 0.6) is 23.1 Å². The van der Waals surface area contributed by atoms with Gasteiger partial charge in [0, 0.05) is 25.7 Å². The van der Waals surface area contributed by atoms with Crippen molar-refractivity contribution in [3.8, 4) is 28.8 Å². The molecule has 1 aliphatic carbocycles. The Kier molecular flexibility index (Phi) is 8.85. The average Bonchev–Trinajstić information content (AvgIpc) is 3.71. The van der Waals surface area contributed by atoms with Gasteiger partial charge in [0.05, 0.1) is 43.9 Å². The number of hydrogen-bond acceptors (Lipinski definition) is 7. The first-order valence-electron chi connectivity index (χ1n) is 12.6. The van der Waals surface area contributed by atoms with E-state index in [1.165, 1.54) is 0 Å². The second-order valence-electron chi connectivity index (χ2n) is 8.92. The minimum atomic E-state index is -0.550. The van der Waals surface area contributed by atoms with Crippen LogP contribution in [0.2, 0.25) is 0 Å². The van der Waals surface area contributed by atoms with Crippen molar-refractivity contribution in [1.82, 2.24) is 14.7 Å². The summed E-state index contributed by atoms with van der Waals surface area (Å²) >= 11 is 0. The van der Waals surface area contributed by atoms with Crippen LogP contribution in [0.3, 0.4) is 0 Å². The Morgan fingerprint density at radius 3 is 2.36 bits per heavy atom. The highest BCUT2D eigenvalue weighted by Crippen LogP contribution is 2.38. The van der Waals surface area contributed by atoms with Gasteiger partial charge in [-0.1, -0.05) is 19.1 Å². The SMILES string of the molecule is CCOC[C@@H](O)CN(Cc1c(CC)nn(-c2ccc(OC)cc2)c1Oc1ccccc1OC)C1CC1. The Morgan fingerprint density at radius 1 is 1.03 bits per heavy atom. The fourth-order valence-electron chi connectivity index (χ4n) is 4.29. The zero-order valence-electron chi connectivity index (χ0n) is 21.6. The summed E-state index contributed by atoms with van der Waals surface area (Å²) in [6, 6.07) is 15.8. The van der Waals surface area contributed by atoms with Crippen LogP contribution < -0.4 is 14.2 Å². The summed E-state index contributed by atoms with van der Waals surface area (Å²) < 4.78 is 24.8. The molecule has 3 aromatic rings. The zero-order valence-corrected chi connectivity index (χ0v) is 21.6. The number of ether oxygens (including phenoxy) is 4. The molecule has 194 valence electrons. The number of hydrogen-bond donors (Lipinski definition) is 1. The fourth-order valence-corrected chi connectivity index (χ4v) is 4.29. The summed E-state index contributed by atoms with van der Waals surface area (Å²) in [5, 5.41) is 15.6. The molecule has 1 N–H and O–H groups in total. The highest BCUT2D eigenvalue weighted by Gasteiger charge is 2.33. The first-order valence-corrected chi connectivity index (χ1v) is 12.6. The molecular weight excluding hydrogens is 458 g/mol. The molecule has 1 atom stereocenters. The van der Waals surface area contributed by atoms with Crippen LogP contribution in [-0.4, -0.2) is 65.9 Å². The van der Waals surface area contributed by atoms with E-state index in [2.05, 4.69) is 11.8 Å². The van der Waals surface area contributed by atoms with Crippen LogP contribution in [0, 0.1) is 0 Å².